The van der Waals surface area contributed by atoms with E-state index in [1.165, 1.54) is 27.6 Å². The van der Waals surface area contributed by atoms with Crippen LogP contribution in [0.5, 0.6) is 0 Å². The van der Waals surface area contributed by atoms with Crippen LogP contribution in [0.15, 0.2) is 194 Å². The fourth-order valence-corrected chi connectivity index (χ4v) is 7.69. The standard InChI is InChI=1S/C48H32N4/c1-4-12-33(13-5-1)35-20-24-38(25-21-35)51(39-26-22-36(23-27-39)34-14-6-2-7-15-34)40-28-29-44-43(32-40)45-41-18-10-30-49-46(41)47-42(19-11-31-50-47)48(45)52(44)37-16-8-3-9-17-37/h1-32H. The van der Waals surface area contributed by atoms with Crippen molar-refractivity contribution in [3.8, 4) is 27.9 Å². The van der Waals surface area contributed by atoms with Gasteiger partial charge in [0.05, 0.1) is 22.1 Å². The van der Waals surface area contributed by atoms with Crippen LogP contribution in [0.2, 0.25) is 0 Å². The molecule has 0 saturated carbocycles. The van der Waals surface area contributed by atoms with E-state index in [0.717, 1.165) is 61.0 Å². The Morgan fingerprint density at radius 1 is 0.385 bits per heavy atom. The topological polar surface area (TPSA) is 34.0 Å². The molecule has 244 valence electrons. The van der Waals surface area contributed by atoms with Crippen molar-refractivity contribution >= 4 is 60.7 Å². The number of hydrogen-bond donors (Lipinski definition) is 0. The highest BCUT2D eigenvalue weighted by Crippen LogP contribution is 2.44. The van der Waals surface area contributed by atoms with Gasteiger partial charge in [-0.25, -0.2) is 0 Å². The molecule has 0 aliphatic heterocycles. The first-order chi connectivity index (χ1) is 25.8. The maximum absolute atomic E-state index is 4.89. The Balaban J connectivity index is 1.23. The van der Waals surface area contributed by atoms with E-state index in [1.54, 1.807) is 0 Å². The first kappa shape index (κ1) is 29.8. The Morgan fingerprint density at radius 3 is 1.44 bits per heavy atom. The number of benzene rings is 7. The molecule has 0 amide bonds. The van der Waals surface area contributed by atoms with Gasteiger partial charge < -0.3 is 9.47 Å². The quantitative estimate of drug-likeness (QED) is 0.166. The van der Waals surface area contributed by atoms with Crippen LogP contribution < -0.4 is 4.90 Å². The summed E-state index contributed by atoms with van der Waals surface area (Å²) in [6, 6.07) is 64.8. The Morgan fingerprint density at radius 2 is 0.865 bits per heavy atom. The van der Waals surface area contributed by atoms with E-state index >= 15 is 0 Å². The lowest BCUT2D eigenvalue weighted by Crippen LogP contribution is -2.10. The summed E-state index contributed by atoms with van der Waals surface area (Å²) in [4.78, 5) is 12.1. The van der Waals surface area contributed by atoms with Crippen LogP contribution in [0.1, 0.15) is 0 Å². The Bertz CT molecular complexity index is 2780. The molecule has 0 aliphatic rings. The van der Waals surface area contributed by atoms with E-state index < -0.39 is 0 Å². The van der Waals surface area contributed by atoms with Crippen molar-refractivity contribution in [1.29, 1.82) is 0 Å². The number of rotatable bonds is 6. The summed E-state index contributed by atoms with van der Waals surface area (Å²) < 4.78 is 2.39. The number of para-hydroxylation sites is 1. The van der Waals surface area contributed by atoms with Crippen molar-refractivity contribution in [2.24, 2.45) is 0 Å². The van der Waals surface area contributed by atoms with Gasteiger partial charge in [-0.15, -0.1) is 0 Å². The summed E-state index contributed by atoms with van der Waals surface area (Å²) >= 11 is 0. The maximum atomic E-state index is 4.89. The third-order valence-electron chi connectivity index (χ3n) is 10.1. The molecule has 4 heteroatoms. The number of anilines is 3. The molecule has 10 aromatic rings. The summed E-state index contributed by atoms with van der Waals surface area (Å²) in [7, 11) is 0. The van der Waals surface area contributed by atoms with E-state index in [1.807, 2.05) is 24.5 Å². The van der Waals surface area contributed by atoms with E-state index in [0.29, 0.717) is 0 Å². The SMILES string of the molecule is c1ccc(-c2ccc(N(c3ccc(-c4ccccc4)cc3)c3ccc4c(c3)c3c5cccnc5c5ncccc5c3n4-c3ccccc3)cc2)cc1. The fraction of sp³-hybridized carbons (Fsp3) is 0. The summed E-state index contributed by atoms with van der Waals surface area (Å²) in [6.07, 6.45) is 3.73. The first-order valence-electron chi connectivity index (χ1n) is 17.6. The predicted molar refractivity (Wildman–Crippen MR) is 217 cm³/mol. The second kappa shape index (κ2) is 12.4. The molecule has 0 unspecified atom stereocenters. The Kier molecular flexibility index (Phi) is 7.10. The third-order valence-corrected chi connectivity index (χ3v) is 10.1. The minimum absolute atomic E-state index is 0.907. The smallest absolute Gasteiger partial charge is 0.0986 e. The van der Waals surface area contributed by atoms with Gasteiger partial charge in [-0.05, 0) is 95.1 Å². The highest BCUT2D eigenvalue weighted by molar-refractivity contribution is 6.31. The zero-order valence-electron chi connectivity index (χ0n) is 28.3. The number of nitrogens with zero attached hydrogens (tertiary/aromatic N) is 4. The molecule has 0 bridgehead atoms. The molecule has 4 nitrogen and oxygen atoms in total. The van der Waals surface area contributed by atoms with Gasteiger partial charge in [0.15, 0.2) is 0 Å². The number of hydrogen-bond acceptors (Lipinski definition) is 3. The van der Waals surface area contributed by atoms with Crippen molar-refractivity contribution in [3.63, 3.8) is 0 Å². The van der Waals surface area contributed by atoms with E-state index in [9.17, 15) is 0 Å². The lowest BCUT2D eigenvalue weighted by atomic mass is 10.0. The predicted octanol–water partition coefficient (Wildman–Crippen LogP) is 12.7. The largest absolute Gasteiger partial charge is 0.310 e. The lowest BCUT2D eigenvalue weighted by molar-refractivity contribution is 1.18. The molecular weight excluding hydrogens is 633 g/mol. The van der Waals surface area contributed by atoms with Crippen LogP contribution in [0.3, 0.4) is 0 Å². The molecular formula is C48H32N4. The second-order valence-corrected chi connectivity index (χ2v) is 13.1. The molecule has 0 saturated heterocycles. The molecule has 0 aliphatic carbocycles. The third kappa shape index (κ3) is 4.92. The zero-order valence-corrected chi connectivity index (χ0v) is 28.3. The van der Waals surface area contributed by atoms with Gasteiger partial charge in [0.1, 0.15) is 0 Å². The van der Waals surface area contributed by atoms with Crippen molar-refractivity contribution in [2.75, 3.05) is 4.90 Å². The molecule has 0 atom stereocenters. The summed E-state index contributed by atoms with van der Waals surface area (Å²) in [5.74, 6) is 0. The number of aromatic nitrogens is 3. The fourth-order valence-electron chi connectivity index (χ4n) is 7.69. The van der Waals surface area contributed by atoms with E-state index in [2.05, 4.69) is 179 Å². The molecule has 0 N–H and O–H groups in total. The van der Waals surface area contributed by atoms with Gasteiger partial charge in [0.25, 0.3) is 0 Å². The van der Waals surface area contributed by atoms with E-state index in [-0.39, 0.29) is 0 Å². The molecule has 10 rings (SSSR count). The monoisotopic (exact) mass is 664 g/mol. The van der Waals surface area contributed by atoms with Gasteiger partial charge in [-0.2, -0.15) is 0 Å². The summed E-state index contributed by atoms with van der Waals surface area (Å²) in [5.41, 5.74) is 13.2. The molecule has 3 aromatic heterocycles. The minimum Gasteiger partial charge on any atom is -0.310 e. The maximum Gasteiger partial charge on any atom is 0.0986 e. The van der Waals surface area contributed by atoms with Gasteiger partial charge in [0.2, 0.25) is 0 Å². The van der Waals surface area contributed by atoms with Gasteiger partial charge in [-0.3, -0.25) is 9.97 Å². The summed E-state index contributed by atoms with van der Waals surface area (Å²) in [6.45, 7) is 0. The number of fused-ring (bicyclic) bond motifs is 8. The highest BCUT2D eigenvalue weighted by Gasteiger charge is 2.22. The van der Waals surface area contributed by atoms with Gasteiger partial charge in [0, 0.05) is 56.7 Å². The van der Waals surface area contributed by atoms with Crippen molar-refractivity contribution in [2.45, 2.75) is 0 Å². The van der Waals surface area contributed by atoms with Gasteiger partial charge >= 0.3 is 0 Å². The Labute approximate surface area is 301 Å². The number of pyridine rings is 2. The van der Waals surface area contributed by atoms with E-state index in [4.69, 9.17) is 9.97 Å². The molecule has 0 radical (unpaired) electrons. The molecule has 3 heterocycles. The molecule has 0 fully saturated rings. The van der Waals surface area contributed by atoms with Gasteiger partial charge in [-0.1, -0.05) is 109 Å². The van der Waals surface area contributed by atoms with Crippen molar-refractivity contribution < 1.29 is 0 Å². The van der Waals surface area contributed by atoms with Crippen LogP contribution in [0.4, 0.5) is 17.1 Å². The summed E-state index contributed by atoms with van der Waals surface area (Å²) in [5, 5.41) is 4.50. The zero-order chi connectivity index (χ0) is 34.4. The van der Waals surface area contributed by atoms with Crippen LogP contribution in [0.25, 0.3) is 71.6 Å². The highest BCUT2D eigenvalue weighted by atomic mass is 15.1. The van der Waals surface area contributed by atoms with Crippen LogP contribution >= 0.6 is 0 Å². The Hall–Kier alpha value is -7.04. The first-order valence-corrected chi connectivity index (χ1v) is 17.6. The normalized spacial score (nSPS) is 11.5. The minimum atomic E-state index is 0.907. The van der Waals surface area contributed by atoms with Crippen molar-refractivity contribution in [3.05, 3.63) is 194 Å². The van der Waals surface area contributed by atoms with Crippen LogP contribution in [-0.4, -0.2) is 14.5 Å². The van der Waals surface area contributed by atoms with Crippen LogP contribution in [0, 0.1) is 0 Å². The van der Waals surface area contributed by atoms with Crippen molar-refractivity contribution in [1.82, 2.24) is 14.5 Å². The second-order valence-electron chi connectivity index (χ2n) is 13.1. The van der Waals surface area contributed by atoms with Crippen LogP contribution in [-0.2, 0) is 0 Å². The lowest BCUT2D eigenvalue weighted by Gasteiger charge is -2.26. The average molecular weight is 665 g/mol. The molecule has 52 heavy (non-hydrogen) atoms. The molecule has 7 aromatic carbocycles. The average Bonchev–Trinajstić information content (AvgIpc) is 3.58. The molecule has 0 spiro atoms.